The zero-order valence-electron chi connectivity index (χ0n) is 21.7. The molecule has 3 aliphatic carbocycles. The first kappa shape index (κ1) is 25.1. The van der Waals surface area contributed by atoms with Crippen molar-refractivity contribution < 1.29 is 19.0 Å². The van der Waals surface area contributed by atoms with Gasteiger partial charge in [0.2, 0.25) is 0 Å². The number of nitrogens with zero attached hydrogens (tertiary/aromatic N) is 1. The molecule has 1 saturated heterocycles. The van der Waals surface area contributed by atoms with Crippen molar-refractivity contribution in [1.29, 1.82) is 0 Å². The number of aryl methyl sites for hydroxylation is 1. The second kappa shape index (κ2) is 9.81. The highest BCUT2D eigenvalue weighted by Gasteiger charge is 2.66. The molecule has 198 valence electrons. The maximum Gasteiger partial charge on any atom is 0.174 e. The van der Waals surface area contributed by atoms with Crippen LogP contribution in [-0.2, 0) is 23.1 Å². The number of carbonyl (C=O) groups is 1. The van der Waals surface area contributed by atoms with E-state index in [1.165, 1.54) is 42.5 Å². The molecular weight excluding hydrogens is 486 g/mol. The second-order valence-corrected chi connectivity index (χ2v) is 11.7. The van der Waals surface area contributed by atoms with Crippen molar-refractivity contribution in [2.75, 3.05) is 26.8 Å². The molecule has 5 aliphatic rings. The third kappa shape index (κ3) is 3.87. The van der Waals surface area contributed by atoms with Crippen molar-refractivity contribution >= 4 is 18.2 Å². The van der Waals surface area contributed by atoms with Crippen molar-refractivity contribution in [3.63, 3.8) is 0 Å². The average Bonchev–Trinajstić information content (AvgIpc) is 3.22. The third-order valence-corrected chi connectivity index (χ3v) is 9.94. The number of methoxy groups -OCH3 is 1. The predicted molar refractivity (Wildman–Crippen MR) is 145 cm³/mol. The SMILES string of the molecule is COc1cc(OCCCc2ccccc2)c2c3c1O[C@H]1C(=O)CC[C@H]4[C@@H](C2)N(CC2CCC2)CC[C@]314.Cl. The molecule has 2 heterocycles. The molecule has 37 heavy (non-hydrogen) atoms. The van der Waals surface area contributed by atoms with Gasteiger partial charge in [-0.1, -0.05) is 36.8 Å². The molecule has 0 unspecified atom stereocenters. The highest BCUT2D eigenvalue weighted by Crippen LogP contribution is 2.64. The number of piperidine rings is 1. The normalized spacial score (nSPS) is 29.5. The summed E-state index contributed by atoms with van der Waals surface area (Å²) in [6.07, 6.45) is 9.34. The number of benzene rings is 2. The molecule has 1 spiro atoms. The Hall–Kier alpha value is -2.24. The maximum atomic E-state index is 13.3. The summed E-state index contributed by atoms with van der Waals surface area (Å²) in [4.78, 5) is 16.0. The molecule has 4 atom stereocenters. The molecule has 2 bridgehead atoms. The molecule has 0 radical (unpaired) electrons. The van der Waals surface area contributed by atoms with Crippen LogP contribution in [0.15, 0.2) is 36.4 Å². The summed E-state index contributed by atoms with van der Waals surface area (Å²) in [6, 6.07) is 13.1. The highest BCUT2D eigenvalue weighted by atomic mass is 35.5. The van der Waals surface area contributed by atoms with Gasteiger partial charge in [-0.05, 0) is 68.9 Å². The van der Waals surface area contributed by atoms with Crippen LogP contribution in [-0.4, -0.2) is 49.6 Å². The Bertz CT molecular complexity index is 1170. The summed E-state index contributed by atoms with van der Waals surface area (Å²) in [5.41, 5.74) is 3.66. The highest BCUT2D eigenvalue weighted by molar-refractivity contribution is 5.89. The molecule has 2 saturated carbocycles. The Balaban J connectivity index is 0.00000252. The number of rotatable bonds is 8. The lowest BCUT2D eigenvalue weighted by Gasteiger charge is -2.58. The summed E-state index contributed by atoms with van der Waals surface area (Å²) in [5, 5.41) is 0. The zero-order valence-corrected chi connectivity index (χ0v) is 22.6. The van der Waals surface area contributed by atoms with Gasteiger partial charge in [0.25, 0.3) is 0 Å². The van der Waals surface area contributed by atoms with Crippen molar-refractivity contribution in [2.24, 2.45) is 11.8 Å². The van der Waals surface area contributed by atoms with Crippen LogP contribution in [0.1, 0.15) is 61.6 Å². The van der Waals surface area contributed by atoms with Crippen molar-refractivity contribution in [1.82, 2.24) is 4.90 Å². The third-order valence-electron chi connectivity index (χ3n) is 9.94. The average molecular weight is 524 g/mol. The molecule has 7 rings (SSSR count). The van der Waals surface area contributed by atoms with E-state index in [1.54, 1.807) is 7.11 Å². The van der Waals surface area contributed by atoms with Crippen LogP contribution in [0.5, 0.6) is 17.2 Å². The summed E-state index contributed by atoms with van der Waals surface area (Å²) in [7, 11) is 1.70. The van der Waals surface area contributed by atoms with Crippen LogP contribution < -0.4 is 14.2 Å². The lowest BCUT2D eigenvalue weighted by molar-refractivity contribution is -0.139. The van der Waals surface area contributed by atoms with Gasteiger partial charge in [-0.25, -0.2) is 0 Å². The van der Waals surface area contributed by atoms with Crippen LogP contribution in [0.25, 0.3) is 0 Å². The van der Waals surface area contributed by atoms with E-state index in [1.807, 2.05) is 6.07 Å². The minimum Gasteiger partial charge on any atom is -0.493 e. The van der Waals surface area contributed by atoms with Gasteiger partial charge >= 0.3 is 0 Å². The van der Waals surface area contributed by atoms with E-state index >= 15 is 0 Å². The van der Waals surface area contributed by atoms with E-state index in [9.17, 15) is 4.79 Å². The number of ether oxygens (including phenoxy) is 3. The Kier molecular flexibility index (Phi) is 6.65. The zero-order chi connectivity index (χ0) is 24.3. The number of likely N-dealkylation sites (tertiary alicyclic amines) is 1. The van der Waals surface area contributed by atoms with Gasteiger partial charge < -0.3 is 14.2 Å². The standard InChI is InChI=1S/C31H37NO4.ClH/c1-34-27-18-26(35-16-6-11-20-7-3-2-4-8-20)22-17-24-23-12-13-25(33)30-31(23,28(22)29(27)36-30)14-15-32(24)19-21-9-5-10-21;/h2-4,7-8,18,21,23-24,30H,5-6,9-17,19H2,1H3;1H/t23-,24+,30-,31-;/m0./s1. The fraction of sp³-hybridized carbons (Fsp3) is 0.581. The first-order chi connectivity index (χ1) is 17.7. The topological polar surface area (TPSA) is 48.0 Å². The molecule has 2 aromatic rings. The Labute approximate surface area is 226 Å². The molecule has 5 nitrogen and oxygen atoms in total. The molecule has 6 heteroatoms. The van der Waals surface area contributed by atoms with Crippen LogP contribution in [0.4, 0.5) is 0 Å². The molecule has 2 aliphatic heterocycles. The Morgan fingerprint density at radius 1 is 1.14 bits per heavy atom. The maximum absolute atomic E-state index is 13.3. The van der Waals surface area contributed by atoms with Gasteiger partial charge in [-0.2, -0.15) is 0 Å². The van der Waals surface area contributed by atoms with Gasteiger partial charge in [-0.3, -0.25) is 9.69 Å². The summed E-state index contributed by atoms with van der Waals surface area (Å²) in [5.74, 6) is 4.07. The molecule has 2 aromatic carbocycles. The van der Waals surface area contributed by atoms with Gasteiger partial charge in [0.15, 0.2) is 23.4 Å². The van der Waals surface area contributed by atoms with Crippen molar-refractivity contribution in [3.05, 3.63) is 53.1 Å². The summed E-state index contributed by atoms with van der Waals surface area (Å²) < 4.78 is 18.9. The largest absolute Gasteiger partial charge is 0.493 e. The number of hydrogen-bond donors (Lipinski definition) is 0. The smallest absolute Gasteiger partial charge is 0.174 e. The number of halogens is 1. The second-order valence-electron chi connectivity index (χ2n) is 11.7. The molecule has 0 N–H and O–H groups in total. The van der Waals surface area contributed by atoms with E-state index in [4.69, 9.17) is 14.2 Å². The van der Waals surface area contributed by atoms with Gasteiger partial charge in [0.1, 0.15) is 5.75 Å². The Morgan fingerprint density at radius 2 is 1.97 bits per heavy atom. The minimum absolute atomic E-state index is 0. The van der Waals surface area contributed by atoms with Gasteiger partial charge in [-0.15, -0.1) is 12.4 Å². The van der Waals surface area contributed by atoms with Crippen molar-refractivity contribution in [3.8, 4) is 17.2 Å². The fourth-order valence-electron chi connectivity index (χ4n) is 8.06. The minimum atomic E-state index is -0.360. The molecular formula is C31H38ClNO4. The quantitative estimate of drug-likeness (QED) is 0.425. The first-order valence-corrected chi connectivity index (χ1v) is 14.0. The number of carbonyl (C=O) groups excluding carboxylic acids is 1. The van der Waals surface area contributed by atoms with E-state index in [0.29, 0.717) is 25.0 Å². The Morgan fingerprint density at radius 3 is 2.73 bits per heavy atom. The van der Waals surface area contributed by atoms with Crippen molar-refractivity contribution in [2.45, 2.75) is 75.3 Å². The summed E-state index contributed by atoms with van der Waals surface area (Å²) in [6.45, 7) is 2.94. The van der Waals surface area contributed by atoms with Gasteiger partial charge in [0, 0.05) is 41.6 Å². The number of hydrogen-bond acceptors (Lipinski definition) is 5. The van der Waals surface area contributed by atoms with E-state index in [2.05, 4.69) is 35.2 Å². The predicted octanol–water partition coefficient (Wildman–Crippen LogP) is 5.54. The number of Topliss-reactive ketones (excluding diaryl/α,β-unsaturated/α-hetero) is 1. The lowest BCUT2D eigenvalue weighted by Crippen LogP contribution is -2.66. The lowest BCUT2D eigenvalue weighted by atomic mass is 9.51. The van der Waals surface area contributed by atoms with Crippen LogP contribution in [0, 0.1) is 11.8 Å². The van der Waals surface area contributed by atoms with E-state index in [0.717, 1.165) is 61.8 Å². The molecule has 0 aromatic heterocycles. The van der Waals surface area contributed by atoms with Crippen LogP contribution >= 0.6 is 12.4 Å². The first-order valence-electron chi connectivity index (χ1n) is 14.0. The summed E-state index contributed by atoms with van der Waals surface area (Å²) >= 11 is 0. The van der Waals surface area contributed by atoms with Gasteiger partial charge in [0.05, 0.1) is 13.7 Å². The number of ketones is 1. The molecule has 0 amide bonds. The molecule has 3 fully saturated rings. The van der Waals surface area contributed by atoms with Crippen LogP contribution in [0.3, 0.4) is 0 Å². The van der Waals surface area contributed by atoms with E-state index < -0.39 is 0 Å². The van der Waals surface area contributed by atoms with E-state index in [-0.39, 0.29) is 29.7 Å². The van der Waals surface area contributed by atoms with Crippen LogP contribution in [0.2, 0.25) is 0 Å². The monoisotopic (exact) mass is 523 g/mol. The fourth-order valence-corrected chi connectivity index (χ4v) is 8.06.